The topological polar surface area (TPSA) is 0 Å². The molecule has 4 saturated carbocycles. The van der Waals surface area contributed by atoms with Gasteiger partial charge in [0.05, 0.1) is 0 Å². The number of hydrogen-bond donors (Lipinski definition) is 0. The molecule has 0 aliphatic heterocycles. The maximum Gasteiger partial charge on any atom is -0.00463 e. The van der Waals surface area contributed by atoms with Crippen LogP contribution in [-0.4, -0.2) is 0 Å². The molecule has 0 saturated heterocycles. The van der Waals surface area contributed by atoms with Gasteiger partial charge in [0.15, 0.2) is 0 Å². The molecule has 0 atom stereocenters. The van der Waals surface area contributed by atoms with Crippen LogP contribution in [0, 0.1) is 17.3 Å². The first kappa shape index (κ1) is 17.6. The van der Waals surface area contributed by atoms with Gasteiger partial charge in [-0.2, -0.15) is 0 Å². The molecule has 0 radical (unpaired) electrons. The largest absolute Gasteiger partial charge is 0.0654 e. The lowest BCUT2D eigenvalue weighted by Gasteiger charge is -2.58. The van der Waals surface area contributed by atoms with E-state index < -0.39 is 0 Å². The first-order valence-corrected chi connectivity index (χ1v) is 11.3. The lowest BCUT2D eigenvalue weighted by atomic mass is 9.47. The Balaban J connectivity index is 1.42. The van der Waals surface area contributed by atoms with Gasteiger partial charge < -0.3 is 0 Å². The van der Waals surface area contributed by atoms with Crippen LogP contribution in [0.4, 0.5) is 0 Å². The third-order valence-corrected chi connectivity index (χ3v) is 8.69. The highest BCUT2D eigenvalue weighted by atomic mass is 14.6. The standard InChI is InChI=1S/C25H38/c1-3-5-21-8-12-23(13-9-21)25-17-14-24(15-18-25,16-19-25)22-10-6-20(4-2)7-11-22/h6-7,10-11,21,23H,3-5,8-9,12-19H2,1-2H3/t21-,23-,24?,25?. The summed E-state index contributed by atoms with van der Waals surface area (Å²) in [5.74, 6) is 2.11. The molecule has 0 N–H and O–H groups in total. The summed E-state index contributed by atoms with van der Waals surface area (Å²) in [6.45, 7) is 4.62. The first-order chi connectivity index (χ1) is 12.2. The number of hydrogen-bond acceptors (Lipinski definition) is 0. The van der Waals surface area contributed by atoms with Gasteiger partial charge in [0, 0.05) is 0 Å². The summed E-state index contributed by atoms with van der Waals surface area (Å²) in [6.07, 6.45) is 19.1. The zero-order chi connectivity index (χ0) is 17.3. The fourth-order valence-corrected chi connectivity index (χ4v) is 6.83. The highest BCUT2D eigenvalue weighted by Gasteiger charge is 2.52. The average molecular weight is 339 g/mol. The van der Waals surface area contributed by atoms with E-state index in [1.54, 1.807) is 18.4 Å². The molecule has 1 aromatic rings. The Morgan fingerprint density at radius 3 is 1.92 bits per heavy atom. The summed E-state index contributed by atoms with van der Waals surface area (Å²) in [7, 11) is 0. The fraction of sp³-hybridized carbons (Fsp3) is 0.760. The van der Waals surface area contributed by atoms with Crippen molar-refractivity contribution >= 4 is 0 Å². The van der Waals surface area contributed by atoms with Crippen molar-refractivity contribution in [2.75, 3.05) is 0 Å². The van der Waals surface area contributed by atoms with E-state index in [1.165, 1.54) is 69.8 Å². The van der Waals surface area contributed by atoms with Crippen molar-refractivity contribution in [1.82, 2.24) is 0 Å². The van der Waals surface area contributed by atoms with E-state index in [9.17, 15) is 0 Å². The monoisotopic (exact) mass is 338 g/mol. The Hall–Kier alpha value is -0.780. The number of fused-ring (bicyclic) bond motifs is 3. The van der Waals surface area contributed by atoms with Crippen LogP contribution in [0.25, 0.3) is 0 Å². The molecule has 0 heterocycles. The minimum atomic E-state index is 0.535. The fourth-order valence-electron chi connectivity index (χ4n) is 6.83. The average Bonchev–Trinajstić information content (AvgIpc) is 2.70. The molecule has 138 valence electrons. The van der Waals surface area contributed by atoms with E-state index in [4.69, 9.17) is 0 Å². The number of rotatable bonds is 5. The lowest BCUT2D eigenvalue weighted by Crippen LogP contribution is -2.48. The summed E-state index contributed by atoms with van der Waals surface area (Å²) in [6, 6.07) is 9.70. The molecule has 0 aromatic heterocycles. The maximum absolute atomic E-state index is 2.47. The Bertz CT molecular complexity index is 534. The maximum atomic E-state index is 2.47. The Labute approximate surface area is 155 Å². The minimum absolute atomic E-state index is 0.535. The molecule has 1 aromatic carbocycles. The summed E-state index contributed by atoms with van der Waals surface area (Å²) >= 11 is 0. The smallest absolute Gasteiger partial charge is 0.00463 e. The van der Waals surface area contributed by atoms with Crippen molar-refractivity contribution in [3.63, 3.8) is 0 Å². The van der Waals surface area contributed by atoms with Crippen molar-refractivity contribution in [1.29, 1.82) is 0 Å². The van der Waals surface area contributed by atoms with Gasteiger partial charge in [-0.05, 0) is 91.6 Å². The van der Waals surface area contributed by atoms with E-state index in [-0.39, 0.29) is 0 Å². The zero-order valence-electron chi connectivity index (χ0n) is 16.7. The molecule has 4 aliphatic carbocycles. The van der Waals surface area contributed by atoms with Crippen LogP contribution in [0.5, 0.6) is 0 Å². The van der Waals surface area contributed by atoms with Gasteiger partial charge in [0.25, 0.3) is 0 Å². The third kappa shape index (κ3) is 3.19. The highest BCUT2D eigenvalue weighted by Crippen LogP contribution is 2.62. The molecule has 4 aliphatic rings. The summed E-state index contributed by atoms with van der Waals surface area (Å²) in [4.78, 5) is 0. The van der Waals surface area contributed by atoms with Crippen molar-refractivity contribution in [2.24, 2.45) is 17.3 Å². The van der Waals surface area contributed by atoms with Crippen LogP contribution in [0.3, 0.4) is 0 Å². The Kier molecular flexibility index (Phi) is 5.00. The molecule has 25 heavy (non-hydrogen) atoms. The van der Waals surface area contributed by atoms with Crippen LogP contribution < -0.4 is 0 Å². The van der Waals surface area contributed by atoms with Gasteiger partial charge >= 0.3 is 0 Å². The third-order valence-electron chi connectivity index (χ3n) is 8.69. The summed E-state index contributed by atoms with van der Waals surface area (Å²) in [5, 5.41) is 0. The quantitative estimate of drug-likeness (QED) is 0.523. The van der Waals surface area contributed by atoms with E-state index in [0.717, 1.165) is 23.7 Å². The second kappa shape index (κ2) is 7.09. The van der Waals surface area contributed by atoms with Crippen LogP contribution >= 0.6 is 0 Å². The highest BCUT2D eigenvalue weighted by molar-refractivity contribution is 5.31. The van der Waals surface area contributed by atoms with E-state index in [0.29, 0.717) is 5.41 Å². The zero-order valence-corrected chi connectivity index (χ0v) is 16.7. The van der Waals surface area contributed by atoms with Gasteiger partial charge in [0.2, 0.25) is 0 Å². The summed E-state index contributed by atoms with van der Waals surface area (Å²) in [5.41, 5.74) is 4.42. The van der Waals surface area contributed by atoms with Crippen molar-refractivity contribution in [3.8, 4) is 0 Å². The molecule has 0 spiro atoms. The van der Waals surface area contributed by atoms with Crippen LogP contribution in [0.2, 0.25) is 0 Å². The molecule has 5 rings (SSSR count). The van der Waals surface area contributed by atoms with Crippen molar-refractivity contribution in [3.05, 3.63) is 35.4 Å². The lowest BCUT2D eigenvalue weighted by molar-refractivity contribution is -0.0294. The van der Waals surface area contributed by atoms with Gasteiger partial charge in [-0.1, -0.05) is 63.8 Å². The first-order valence-electron chi connectivity index (χ1n) is 11.3. The van der Waals surface area contributed by atoms with E-state index in [1.807, 2.05) is 0 Å². The molecule has 0 amide bonds. The van der Waals surface area contributed by atoms with E-state index in [2.05, 4.69) is 38.1 Å². The molecule has 0 heteroatoms. The predicted octanol–water partition coefficient (Wildman–Crippen LogP) is 7.45. The van der Waals surface area contributed by atoms with Crippen molar-refractivity contribution in [2.45, 2.75) is 103 Å². The molecule has 0 unspecified atom stereocenters. The minimum Gasteiger partial charge on any atom is -0.0654 e. The number of aryl methyl sites for hydroxylation is 1. The molecule has 4 fully saturated rings. The Morgan fingerprint density at radius 1 is 0.800 bits per heavy atom. The second-order valence-corrected chi connectivity index (χ2v) is 9.70. The molecular weight excluding hydrogens is 300 g/mol. The SMILES string of the molecule is CCC[C@H]1CC[C@H](C23CCC(c4ccc(CC)cc4)(CC2)CC3)CC1. The van der Waals surface area contributed by atoms with Crippen molar-refractivity contribution < 1.29 is 0 Å². The Morgan fingerprint density at radius 2 is 1.40 bits per heavy atom. The predicted molar refractivity (Wildman–Crippen MR) is 108 cm³/mol. The molecular formula is C25H38. The van der Waals surface area contributed by atoms with Crippen LogP contribution in [0.15, 0.2) is 24.3 Å². The molecule has 2 bridgehead atoms. The summed E-state index contributed by atoms with van der Waals surface area (Å²) < 4.78 is 0. The number of benzene rings is 1. The van der Waals surface area contributed by atoms with Gasteiger partial charge in [-0.15, -0.1) is 0 Å². The van der Waals surface area contributed by atoms with E-state index >= 15 is 0 Å². The van der Waals surface area contributed by atoms with Crippen LogP contribution in [-0.2, 0) is 11.8 Å². The molecule has 0 nitrogen and oxygen atoms in total. The normalized spacial score (nSPS) is 38.0. The van der Waals surface area contributed by atoms with Gasteiger partial charge in [-0.3, -0.25) is 0 Å². The second-order valence-electron chi connectivity index (χ2n) is 9.70. The van der Waals surface area contributed by atoms with Crippen LogP contribution in [0.1, 0.15) is 102 Å². The van der Waals surface area contributed by atoms with Gasteiger partial charge in [0.1, 0.15) is 0 Å². The van der Waals surface area contributed by atoms with Gasteiger partial charge in [-0.25, -0.2) is 0 Å².